The number of nitrogens with one attached hydrogen (secondary N) is 2. The molecule has 0 spiro atoms. The van der Waals surface area contributed by atoms with E-state index in [-0.39, 0.29) is 0 Å². The van der Waals surface area contributed by atoms with Gasteiger partial charge in [0, 0.05) is 23.7 Å². The second kappa shape index (κ2) is 15.1. The summed E-state index contributed by atoms with van der Waals surface area (Å²) in [6.45, 7) is 2.80. The van der Waals surface area contributed by atoms with E-state index in [2.05, 4.69) is 47.2 Å². The highest BCUT2D eigenvalue weighted by Gasteiger charge is 2.18. The lowest BCUT2D eigenvalue weighted by Gasteiger charge is -2.08. The van der Waals surface area contributed by atoms with Gasteiger partial charge in [0.1, 0.15) is 18.1 Å². The van der Waals surface area contributed by atoms with Crippen LogP contribution in [0.2, 0.25) is 0 Å². The number of benzene rings is 1. The van der Waals surface area contributed by atoms with Crippen molar-refractivity contribution in [3.8, 4) is 0 Å². The standard InChI is InChI=1S/C33H43N3O/c1-2-3-4-5-6-7-8-9-10-11-15-19-28-21-22-29(35-28)24-32-33(37-26-27-17-13-12-14-18-27)25-31(36-32)30-20-16-23-34-30/h12-14,16-18,20-25,34-35H,2-11,15,19,26H2,1H3. The minimum Gasteiger partial charge on any atom is -0.487 e. The predicted molar refractivity (Wildman–Crippen MR) is 156 cm³/mol. The van der Waals surface area contributed by atoms with Gasteiger partial charge >= 0.3 is 0 Å². The zero-order valence-electron chi connectivity index (χ0n) is 22.5. The Hall–Kier alpha value is -3.27. The molecule has 1 aliphatic heterocycles. The van der Waals surface area contributed by atoms with Crippen LogP contribution in [0, 0.1) is 0 Å². The second-order valence-electron chi connectivity index (χ2n) is 10.1. The maximum absolute atomic E-state index is 6.20. The van der Waals surface area contributed by atoms with Crippen molar-refractivity contribution >= 4 is 11.8 Å². The first-order valence-corrected chi connectivity index (χ1v) is 14.3. The molecule has 196 valence electrons. The van der Waals surface area contributed by atoms with Crippen molar-refractivity contribution in [1.82, 2.24) is 9.97 Å². The van der Waals surface area contributed by atoms with E-state index in [1.807, 2.05) is 42.6 Å². The molecule has 0 radical (unpaired) electrons. The Kier molecular flexibility index (Phi) is 10.9. The largest absolute Gasteiger partial charge is 0.487 e. The minimum atomic E-state index is 0.520. The highest BCUT2D eigenvalue weighted by molar-refractivity contribution is 6.11. The molecule has 0 saturated heterocycles. The van der Waals surface area contributed by atoms with E-state index in [1.54, 1.807) is 0 Å². The molecule has 0 aliphatic carbocycles. The van der Waals surface area contributed by atoms with Gasteiger partial charge in [0.2, 0.25) is 0 Å². The number of H-pyrrole nitrogens is 2. The van der Waals surface area contributed by atoms with Gasteiger partial charge in [-0.1, -0.05) is 101 Å². The van der Waals surface area contributed by atoms with E-state index in [9.17, 15) is 0 Å². The number of aromatic amines is 2. The van der Waals surface area contributed by atoms with Crippen molar-refractivity contribution in [1.29, 1.82) is 0 Å². The number of nitrogens with zero attached hydrogens (tertiary/aromatic N) is 1. The molecule has 4 rings (SSSR count). The molecule has 0 bridgehead atoms. The van der Waals surface area contributed by atoms with Crippen molar-refractivity contribution in [2.45, 2.75) is 90.6 Å². The molecule has 0 amide bonds. The van der Waals surface area contributed by atoms with E-state index >= 15 is 0 Å². The fourth-order valence-corrected chi connectivity index (χ4v) is 4.81. The highest BCUT2D eigenvalue weighted by atomic mass is 16.5. The fraction of sp³-hybridized carbons (Fsp3) is 0.424. The number of aromatic nitrogens is 2. The molecule has 0 saturated carbocycles. The van der Waals surface area contributed by atoms with E-state index < -0.39 is 0 Å². The molecule has 2 aromatic heterocycles. The lowest BCUT2D eigenvalue weighted by molar-refractivity contribution is 0.208. The van der Waals surface area contributed by atoms with Crippen LogP contribution in [0.3, 0.4) is 0 Å². The quantitative estimate of drug-likeness (QED) is 0.179. The lowest BCUT2D eigenvalue weighted by atomic mass is 10.0. The van der Waals surface area contributed by atoms with Crippen LogP contribution in [-0.2, 0) is 17.8 Å². The van der Waals surface area contributed by atoms with Crippen LogP contribution < -0.4 is 0 Å². The third kappa shape index (κ3) is 8.96. The van der Waals surface area contributed by atoms with Crippen LogP contribution in [0.15, 0.2) is 83.3 Å². The SMILES string of the molecule is CCCCCCCCCCCCCc1ccc(C=C2N=C(c3ccc[nH]3)C=C2OCc2ccccc2)[nH]1. The van der Waals surface area contributed by atoms with Crippen molar-refractivity contribution in [3.05, 3.63) is 101 Å². The smallest absolute Gasteiger partial charge is 0.147 e. The zero-order chi connectivity index (χ0) is 25.5. The Morgan fingerprint density at radius 1 is 0.784 bits per heavy atom. The molecule has 3 heterocycles. The number of allylic oxidation sites excluding steroid dienone is 1. The summed E-state index contributed by atoms with van der Waals surface area (Å²) in [7, 11) is 0. The summed E-state index contributed by atoms with van der Waals surface area (Å²) in [5, 5.41) is 0. The van der Waals surface area contributed by atoms with Gasteiger partial charge in [0.15, 0.2) is 0 Å². The van der Waals surface area contributed by atoms with E-state index in [0.29, 0.717) is 6.61 Å². The first kappa shape index (κ1) is 26.8. The van der Waals surface area contributed by atoms with Gasteiger partial charge in [-0.05, 0) is 48.7 Å². The molecule has 4 heteroatoms. The number of aryl methyl sites for hydroxylation is 1. The van der Waals surface area contributed by atoms with Gasteiger partial charge in [-0.25, -0.2) is 4.99 Å². The van der Waals surface area contributed by atoms with Crippen molar-refractivity contribution < 1.29 is 4.74 Å². The lowest BCUT2D eigenvalue weighted by Crippen LogP contribution is -1.95. The monoisotopic (exact) mass is 497 g/mol. The normalized spacial score (nSPS) is 14.2. The minimum absolute atomic E-state index is 0.520. The number of ether oxygens (including phenoxy) is 1. The first-order chi connectivity index (χ1) is 18.3. The first-order valence-electron chi connectivity index (χ1n) is 14.3. The van der Waals surface area contributed by atoms with Gasteiger partial charge in [0.25, 0.3) is 0 Å². The second-order valence-corrected chi connectivity index (χ2v) is 10.1. The van der Waals surface area contributed by atoms with Gasteiger partial charge in [-0.2, -0.15) is 0 Å². The summed E-state index contributed by atoms with van der Waals surface area (Å²) in [6, 6.07) is 18.6. The van der Waals surface area contributed by atoms with Crippen molar-refractivity contribution in [2.75, 3.05) is 0 Å². The maximum atomic E-state index is 6.20. The number of unbranched alkanes of at least 4 members (excludes halogenated alkanes) is 10. The third-order valence-corrected chi connectivity index (χ3v) is 6.98. The average Bonchev–Trinajstić information content (AvgIpc) is 3.69. The van der Waals surface area contributed by atoms with Crippen molar-refractivity contribution in [3.63, 3.8) is 0 Å². The highest BCUT2D eigenvalue weighted by Crippen LogP contribution is 2.26. The summed E-state index contributed by atoms with van der Waals surface area (Å²) < 4.78 is 6.20. The van der Waals surface area contributed by atoms with Crippen LogP contribution in [0.1, 0.15) is 100 Å². The van der Waals surface area contributed by atoms with Crippen LogP contribution >= 0.6 is 0 Å². The predicted octanol–water partition coefficient (Wildman–Crippen LogP) is 9.14. The van der Waals surface area contributed by atoms with E-state index in [1.165, 1.54) is 76.3 Å². The molecule has 3 aromatic rings. The molecule has 2 N–H and O–H groups in total. The Morgan fingerprint density at radius 2 is 1.51 bits per heavy atom. The van der Waals surface area contributed by atoms with Gasteiger partial charge < -0.3 is 14.7 Å². The number of aliphatic imine (C=N–C) groups is 1. The molecule has 1 aliphatic rings. The average molecular weight is 498 g/mol. The summed E-state index contributed by atoms with van der Waals surface area (Å²) in [4.78, 5) is 11.7. The van der Waals surface area contributed by atoms with Gasteiger partial charge in [-0.3, -0.25) is 0 Å². The molecular formula is C33H43N3O. The molecule has 1 aromatic carbocycles. The Balaban J connectivity index is 1.25. The maximum Gasteiger partial charge on any atom is 0.147 e. The number of hydrogen-bond acceptors (Lipinski definition) is 2. The molecule has 4 nitrogen and oxygen atoms in total. The summed E-state index contributed by atoms with van der Waals surface area (Å²) in [5.41, 5.74) is 6.25. The Bertz CT molecular complexity index is 1140. The Labute approximate surface area is 223 Å². The van der Waals surface area contributed by atoms with Crippen LogP contribution in [-0.4, -0.2) is 15.7 Å². The van der Waals surface area contributed by atoms with Gasteiger partial charge in [0.05, 0.1) is 11.4 Å². The number of hydrogen-bond donors (Lipinski definition) is 2. The Morgan fingerprint density at radius 3 is 2.22 bits per heavy atom. The third-order valence-electron chi connectivity index (χ3n) is 6.98. The molecule has 0 unspecified atom stereocenters. The fourth-order valence-electron chi connectivity index (χ4n) is 4.81. The van der Waals surface area contributed by atoms with Crippen LogP contribution in [0.4, 0.5) is 0 Å². The number of rotatable bonds is 17. The van der Waals surface area contributed by atoms with E-state index in [4.69, 9.17) is 9.73 Å². The molecule has 37 heavy (non-hydrogen) atoms. The van der Waals surface area contributed by atoms with Gasteiger partial charge in [-0.15, -0.1) is 0 Å². The molecule has 0 atom stereocenters. The zero-order valence-corrected chi connectivity index (χ0v) is 22.5. The van der Waals surface area contributed by atoms with Crippen LogP contribution in [0.25, 0.3) is 6.08 Å². The summed E-state index contributed by atoms with van der Waals surface area (Å²) >= 11 is 0. The van der Waals surface area contributed by atoms with Crippen molar-refractivity contribution in [2.24, 2.45) is 4.99 Å². The molecule has 0 fully saturated rings. The van der Waals surface area contributed by atoms with E-state index in [0.717, 1.165) is 40.5 Å². The summed E-state index contributed by atoms with van der Waals surface area (Å²) in [5.74, 6) is 0.801. The topological polar surface area (TPSA) is 53.2 Å². The van der Waals surface area contributed by atoms with Crippen LogP contribution in [0.5, 0.6) is 0 Å². The summed E-state index contributed by atoms with van der Waals surface area (Å²) in [6.07, 6.45) is 22.3. The molecular weight excluding hydrogens is 454 g/mol.